The fraction of sp³-hybridized carbons (Fsp3) is 0.917. The van der Waals surface area contributed by atoms with E-state index in [0.29, 0.717) is 25.2 Å². The maximum absolute atomic E-state index is 11.3. The molecule has 0 aliphatic rings. The molecule has 0 aliphatic carbocycles. The molecule has 0 unspecified atom stereocenters. The van der Waals surface area contributed by atoms with Crippen molar-refractivity contribution in [1.82, 2.24) is 0 Å². The van der Waals surface area contributed by atoms with Crippen LogP contribution in [0.5, 0.6) is 0 Å². The zero-order valence-electron chi connectivity index (χ0n) is 11.1. The molecule has 0 saturated carbocycles. The Morgan fingerprint density at radius 2 is 1.73 bits per heavy atom. The molecule has 0 heterocycles. The highest BCUT2D eigenvalue weighted by Gasteiger charge is 2.36. The van der Waals surface area contributed by atoms with Gasteiger partial charge in [0, 0.05) is 19.4 Å². The molecule has 3 heteroatoms. The standard InChI is InChI=1S/C12H26O2Si/c1-7-8-11(13)9-10-14-15(5,6)12(2,3)4/h7-10H2,1-6H3. The van der Waals surface area contributed by atoms with Crippen LogP contribution in [-0.4, -0.2) is 20.7 Å². The molecule has 2 nitrogen and oxygen atoms in total. The van der Waals surface area contributed by atoms with Gasteiger partial charge in [0.05, 0.1) is 0 Å². The van der Waals surface area contributed by atoms with E-state index in [1.807, 2.05) is 6.92 Å². The Bertz CT molecular complexity index is 204. The second-order valence-electron chi connectivity index (χ2n) is 5.65. The van der Waals surface area contributed by atoms with Crippen molar-refractivity contribution in [3.63, 3.8) is 0 Å². The van der Waals surface area contributed by atoms with Crippen molar-refractivity contribution in [2.24, 2.45) is 0 Å². The third-order valence-corrected chi connectivity index (χ3v) is 7.72. The van der Waals surface area contributed by atoms with E-state index in [-0.39, 0.29) is 5.04 Å². The third kappa shape index (κ3) is 5.47. The average molecular weight is 230 g/mol. The van der Waals surface area contributed by atoms with Gasteiger partial charge >= 0.3 is 0 Å². The lowest BCUT2D eigenvalue weighted by atomic mass is 10.2. The topological polar surface area (TPSA) is 26.3 Å². The van der Waals surface area contributed by atoms with Crippen molar-refractivity contribution < 1.29 is 9.22 Å². The highest BCUT2D eigenvalue weighted by molar-refractivity contribution is 6.74. The number of rotatable bonds is 6. The molecule has 0 N–H and O–H groups in total. The Kier molecular flexibility index (Phi) is 5.74. The summed E-state index contributed by atoms with van der Waals surface area (Å²) < 4.78 is 5.93. The van der Waals surface area contributed by atoms with E-state index in [4.69, 9.17) is 4.43 Å². The minimum Gasteiger partial charge on any atom is -0.416 e. The summed E-state index contributed by atoms with van der Waals surface area (Å²) in [6.07, 6.45) is 2.22. The normalized spacial score (nSPS) is 12.9. The average Bonchev–Trinajstić information content (AvgIpc) is 2.01. The quantitative estimate of drug-likeness (QED) is 0.649. The van der Waals surface area contributed by atoms with Crippen LogP contribution in [0.2, 0.25) is 18.1 Å². The predicted octanol–water partition coefficient (Wildman–Crippen LogP) is 3.77. The Morgan fingerprint density at radius 1 is 1.20 bits per heavy atom. The molecule has 0 amide bonds. The molecule has 0 spiro atoms. The van der Waals surface area contributed by atoms with Crippen LogP contribution in [0.25, 0.3) is 0 Å². The molecule has 0 aliphatic heterocycles. The van der Waals surface area contributed by atoms with Gasteiger partial charge in [0.2, 0.25) is 0 Å². The van der Waals surface area contributed by atoms with Crippen molar-refractivity contribution in [2.45, 2.75) is 65.1 Å². The molecular weight excluding hydrogens is 204 g/mol. The molecule has 0 aromatic heterocycles. The summed E-state index contributed by atoms with van der Waals surface area (Å²) in [5.41, 5.74) is 0. The summed E-state index contributed by atoms with van der Waals surface area (Å²) in [7, 11) is -1.65. The zero-order valence-corrected chi connectivity index (χ0v) is 12.1. The molecule has 0 saturated heterocycles. The van der Waals surface area contributed by atoms with Gasteiger partial charge in [0.15, 0.2) is 8.32 Å². The van der Waals surface area contributed by atoms with Gasteiger partial charge in [-0.05, 0) is 24.6 Å². The number of hydrogen-bond donors (Lipinski definition) is 0. The minimum atomic E-state index is -1.65. The maximum atomic E-state index is 11.3. The van der Waals surface area contributed by atoms with Crippen molar-refractivity contribution in [2.75, 3.05) is 6.61 Å². The van der Waals surface area contributed by atoms with E-state index in [9.17, 15) is 4.79 Å². The first-order valence-electron chi connectivity index (χ1n) is 5.86. The maximum Gasteiger partial charge on any atom is 0.191 e. The molecule has 0 aromatic carbocycles. The van der Waals surface area contributed by atoms with E-state index in [2.05, 4.69) is 33.9 Å². The van der Waals surface area contributed by atoms with Crippen molar-refractivity contribution >= 4 is 14.1 Å². The third-order valence-electron chi connectivity index (χ3n) is 3.18. The highest BCUT2D eigenvalue weighted by atomic mass is 28.4. The van der Waals surface area contributed by atoms with Crippen LogP contribution in [0.1, 0.15) is 47.0 Å². The van der Waals surface area contributed by atoms with Gasteiger partial charge in [-0.3, -0.25) is 4.79 Å². The summed E-state index contributed by atoms with van der Waals surface area (Å²) in [6, 6.07) is 0. The molecular formula is C12H26O2Si. The highest BCUT2D eigenvalue weighted by Crippen LogP contribution is 2.36. The largest absolute Gasteiger partial charge is 0.416 e. The SMILES string of the molecule is CCCC(=O)CCO[Si](C)(C)C(C)(C)C. The second-order valence-corrected chi connectivity index (χ2v) is 10.5. The van der Waals surface area contributed by atoms with Crippen LogP contribution in [0.15, 0.2) is 0 Å². The fourth-order valence-corrected chi connectivity index (χ4v) is 2.09. The number of carbonyl (C=O) groups excluding carboxylic acids is 1. The van der Waals surface area contributed by atoms with E-state index in [0.717, 1.165) is 6.42 Å². The summed E-state index contributed by atoms with van der Waals surface area (Å²) >= 11 is 0. The molecule has 0 rings (SSSR count). The lowest BCUT2D eigenvalue weighted by Crippen LogP contribution is -2.41. The van der Waals surface area contributed by atoms with Crippen LogP contribution < -0.4 is 0 Å². The van der Waals surface area contributed by atoms with Gasteiger partial charge in [-0.25, -0.2) is 0 Å². The van der Waals surface area contributed by atoms with Gasteiger partial charge < -0.3 is 4.43 Å². The van der Waals surface area contributed by atoms with Gasteiger partial charge in [-0.1, -0.05) is 27.7 Å². The lowest BCUT2D eigenvalue weighted by molar-refractivity contribution is -0.119. The van der Waals surface area contributed by atoms with E-state index in [1.165, 1.54) is 0 Å². The number of Topliss-reactive ketones (excluding diaryl/α,β-unsaturated/α-hetero) is 1. The van der Waals surface area contributed by atoms with Gasteiger partial charge in [0.25, 0.3) is 0 Å². The number of ketones is 1. The smallest absolute Gasteiger partial charge is 0.191 e. The minimum absolute atomic E-state index is 0.237. The summed E-state index contributed by atoms with van der Waals surface area (Å²) in [5, 5.41) is 0.237. The van der Waals surface area contributed by atoms with Crippen LogP contribution >= 0.6 is 0 Å². The van der Waals surface area contributed by atoms with Crippen molar-refractivity contribution in [1.29, 1.82) is 0 Å². The summed E-state index contributed by atoms with van der Waals surface area (Å²) in [6.45, 7) is 13.7. The van der Waals surface area contributed by atoms with Crippen LogP contribution in [0.4, 0.5) is 0 Å². The monoisotopic (exact) mass is 230 g/mol. The lowest BCUT2D eigenvalue weighted by Gasteiger charge is -2.36. The first-order valence-corrected chi connectivity index (χ1v) is 8.77. The Labute approximate surface area is 95.5 Å². The van der Waals surface area contributed by atoms with E-state index < -0.39 is 8.32 Å². The Morgan fingerprint density at radius 3 is 2.13 bits per heavy atom. The van der Waals surface area contributed by atoms with Crippen molar-refractivity contribution in [3.05, 3.63) is 0 Å². The molecule has 90 valence electrons. The molecule has 15 heavy (non-hydrogen) atoms. The van der Waals surface area contributed by atoms with E-state index in [1.54, 1.807) is 0 Å². The molecule has 0 radical (unpaired) electrons. The zero-order chi connectivity index (χ0) is 12.1. The van der Waals surface area contributed by atoms with Gasteiger partial charge in [-0.15, -0.1) is 0 Å². The first-order chi connectivity index (χ1) is 6.70. The Hall–Kier alpha value is -0.153. The second kappa shape index (κ2) is 5.80. The number of hydrogen-bond acceptors (Lipinski definition) is 2. The summed E-state index contributed by atoms with van der Waals surface area (Å²) in [4.78, 5) is 11.3. The number of carbonyl (C=O) groups is 1. The van der Waals surface area contributed by atoms with Crippen LogP contribution in [-0.2, 0) is 9.22 Å². The molecule has 0 bridgehead atoms. The van der Waals surface area contributed by atoms with Gasteiger partial charge in [-0.2, -0.15) is 0 Å². The first kappa shape index (κ1) is 14.8. The molecule has 0 fully saturated rings. The van der Waals surface area contributed by atoms with Crippen LogP contribution in [0, 0.1) is 0 Å². The van der Waals surface area contributed by atoms with E-state index >= 15 is 0 Å². The molecule has 0 aromatic rings. The summed E-state index contributed by atoms with van der Waals surface area (Å²) in [5.74, 6) is 0.330. The fourth-order valence-electron chi connectivity index (χ4n) is 1.04. The Balaban J connectivity index is 3.91. The van der Waals surface area contributed by atoms with Crippen LogP contribution in [0.3, 0.4) is 0 Å². The van der Waals surface area contributed by atoms with Gasteiger partial charge in [0.1, 0.15) is 5.78 Å². The predicted molar refractivity (Wildman–Crippen MR) is 67.7 cm³/mol. The van der Waals surface area contributed by atoms with Crippen molar-refractivity contribution in [3.8, 4) is 0 Å². The molecule has 0 atom stereocenters.